The number of hydrogen-bond donors (Lipinski definition) is 2. The molecule has 2 aromatic carbocycles. The minimum Gasteiger partial charge on any atom is -0.352 e. The summed E-state index contributed by atoms with van der Waals surface area (Å²) in [7, 11) is -2.94. The monoisotopic (exact) mass is 429 g/mol. The van der Waals surface area contributed by atoms with Crippen LogP contribution in [0.4, 0.5) is 5.69 Å². The molecule has 2 N–H and O–H groups in total. The highest BCUT2D eigenvalue weighted by Crippen LogP contribution is 2.34. The number of thioether (sulfide) groups is 1. The van der Waals surface area contributed by atoms with Crippen LogP contribution in [0.1, 0.15) is 16.7 Å². The number of sulfone groups is 1. The van der Waals surface area contributed by atoms with Gasteiger partial charge in [0.05, 0.1) is 24.0 Å². The number of anilines is 1. The van der Waals surface area contributed by atoms with Gasteiger partial charge in [0.25, 0.3) is 0 Å². The van der Waals surface area contributed by atoms with Gasteiger partial charge in [0, 0.05) is 17.5 Å². The molecule has 6 nitrogen and oxygen atoms in total. The molecule has 0 aromatic heterocycles. The predicted molar refractivity (Wildman–Crippen MR) is 118 cm³/mol. The Morgan fingerprint density at radius 3 is 2.45 bits per heavy atom. The van der Waals surface area contributed by atoms with Gasteiger partial charge in [-0.1, -0.05) is 53.7 Å². The highest BCUT2D eigenvalue weighted by Gasteiger charge is 2.42. The van der Waals surface area contributed by atoms with Crippen LogP contribution in [0, 0.1) is 6.92 Å². The van der Waals surface area contributed by atoms with Crippen molar-refractivity contribution in [2.75, 3.05) is 16.8 Å². The summed E-state index contributed by atoms with van der Waals surface area (Å²) in [5.41, 5.74) is 4.09. The van der Waals surface area contributed by atoms with Gasteiger partial charge in [0.15, 0.2) is 15.0 Å². The Morgan fingerprint density at radius 1 is 1.07 bits per heavy atom. The normalized spacial score (nSPS) is 22.0. The second-order valence-electron chi connectivity index (χ2n) is 7.50. The summed E-state index contributed by atoms with van der Waals surface area (Å²) >= 11 is 1.49. The molecule has 0 aliphatic carbocycles. The molecular weight excluding hydrogens is 406 g/mol. The highest BCUT2D eigenvalue weighted by molar-refractivity contribution is 8.15. The van der Waals surface area contributed by atoms with Crippen molar-refractivity contribution in [3.63, 3.8) is 0 Å². The van der Waals surface area contributed by atoms with E-state index in [9.17, 15) is 13.2 Å². The lowest BCUT2D eigenvalue weighted by Crippen LogP contribution is -2.24. The molecule has 0 radical (unpaired) electrons. The molecule has 1 amide bonds. The first kappa shape index (κ1) is 20.0. The van der Waals surface area contributed by atoms with Crippen molar-refractivity contribution in [1.82, 2.24) is 5.32 Å². The highest BCUT2D eigenvalue weighted by atomic mass is 32.2. The molecule has 2 atom stereocenters. The van der Waals surface area contributed by atoms with Gasteiger partial charge in [0.1, 0.15) is 0 Å². The van der Waals surface area contributed by atoms with Crippen LogP contribution in [0.3, 0.4) is 0 Å². The molecule has 29 heavy (non-hydrogen) atoms. The van der Waals surface area contributed by atoms with E-state index in [4.69, 9.17) is 0 Å². The molecule has 2 aliphatic heterocycles. The van der Waals surface area contributed by atoms with E-state index in [1.54, 1.807) is 0 Å². The number of amidine groups is 1. The lowest BCUT2D eigenvalue weighted by atomic mass is 10.1. The predicted octanol–water partition coefficient (Wildman–Crippen LogP) is 2.53. The Morgan fingerprint density at radius 2 is 1.76 bits per heavy atom. The number of carbonyl (C=O) groups excluding carboxylic acids is 1. The molecule has 0 bridgehead atoms. The first-order valence-electron chi connectivity index (χ1n) is 9.49. The van der Waals surface area contributed by atoms with Gasteiger partial charge in [-0.15, -0.1) is 0 Å². The second-order valence-corrected chi connectivity index (χ2v) is 10.9. The molecule has 0 saturated carbocycles. The SMILES string of the molecule is Cc1ccc(CNC(=O)Cc2ccc(NC3=N[C@@H]4CS(=O)(=O)C[C@H]4S3)cc2)cc1. The Bertz CT molecular complexity index is 1030. The number of rotatable bonds is 5. The minimum absolute atomic E-state index is 0.0176. The van der Waals surface area contributed by atoms with Crippen LogP contribution >= 0.6 is 11.8 Å². The molecule has 0 unspecified atom stereocenters. The zero-order valence-electron chi connectivity index (χ0n) is 16.1. The number of benzene rings is 2. The van der Waals surface area contributed by atoms with Crippen molar-refractivity contribution in [1.29, 1.82) is 0 Å². The number of aliphatic imine (C=N–C) groups is 1. The van der Waals surface area contributed by atoms with Gasteiger partial charge in [-0.25, -0.2) is 8.42 Å². The Kier molecular flexibility index (Phi) is 5.65. The molecule has 1 fully saturated rings. The fourth-order valence-electron chi connectivity index (χ4n) is 3.40. The largest absolute Gasteiger partial charge is 0.352 e. The molecule has 8 heteroatoms. The summed E-state index contributed by atoms with van der Waals surface area (Å²) in [5, 5.41) is 6.98. The van der Waals surface area contributed by atoms with E-state index in [2.05, 4.69) is 15.6 Å². The molecule has 1 saturated heterocycles. The summed E-state index contributed by atoms with van der Waals surface area (Å²) in [6.07, 6.45) is 0.323. The van der Waals surface area contributed by atoms with Gasteiger partial charge < -0.3 is 10.6 Å². The first-order valence-corrected chi connectivity index (χ1v) is 12.2. The number of fused-ring (bicyclic) bond motifs is 1. The van der Waals surface area contributed by atoms with E-state index < -0.39 is 9.84 Å². The van der Waals surface area contributed by atoms with Crippen LogP contribution in [0.25, 0.3) is 0 Å². The van der Waals surface area contributed by atoms with Crippen molar-refractivity contribution >= 4 is 38.4 Å². The van der Waals surface area contributed by atoms with Gasteiger partial charge in [-0.05, 0) is 30.2 Å². The van der Waals surface area contributed by atoms with Crippen molar-refractivity contribution in [2.45, 2.75) is 31.2 Å². The zero-order valence-corrected chi connectivity index (χ0v) is 17.7. The number of hydrogen-bond acceptors (Lipinski definition) is 6. The third-order valence-electron chi connectivity index (χ3n) is 5.00. The smallest absolute Gasteiger partial charge is 0.224 e. The third kappa shape index (κ3) is 5.19. The van der Waals surface area contributed by atoms with Gasteiger partial charge in [-0.3, -0.25) is 9.79 Å². The minimum atomic E-state index is -2.94. The lowest BCUT2D eigenvalue weighted by Gasteiger charge is -2.09. The first-order chi connectivity index (χ1) is 13.9. The summed E-state index contributed by atoms with van der Waals surface area (Å²) < 4.78 is 23.3. The lowest BCUT2D eigenvalue weighted by molar-refractivity contribution is -0.120. The van der Waals surface area contributed by atoms with E-state index >= 15 is 0 Å². The summed E-state index contributed by atoms with van der Waals surface area (Å²) in [5.74, 6) is 0.330. The van der Waals surface area contributed by atoms with Crippen LogP contribution in [-0.4, -0.2) is 42.3 Å². The fraction of sp³-hybridized carbons (Fsp3) is 0.333. The van der Waals surface area contributed by atoms with E-state index in [0.29, 0.717) is 13.0 Å². The van der Waals surface area contributed by atoms with Crippen molar-refractivity contribution in [3.8, 4) is 0 Å². The topological polar surface area (TPSA) is 87.6 Å². The van der Waals surface area contributed by atoms with Gasteiger partial charge in [-0.2, -0.15) is 0 Å². The maximum absolute atomic E-state index is 12.2. The fourth-order valence-corrected chi connectivity index (χ4v) is 7.08. The van der Waals surface area contributed by atoms with E-state index in [1.807, 2.05) is 55.5 Å². The van der Waals surface area contributed by atoms with Crippen LogP contribution in [-0.2, 0) is 27.6 Å². The van der Waals surface area contributed by atoms with E-state index in [0.717, 1.165) is 22.0 Å². The quantitative estimate of drug-likeness (QED) is 0.763. The third-order valence-corrected chi connectivity index (χ3v) is 8.14. The number of nitrogens with one attached hydrogen (secondary N) is 2. The molecule has 0 spiro atoms. The van der Waals surface area contributed by atoms with Crippen molar-refractivity contribution in [3.05, 3.63) is 65.2 Å². The molecule has 2 heterocycles. The molecular formula is C21H23N3O3S2. The summed E-state index contributed by atoms with van der Waals surface area (Å²) in [6.45, 7) is 2.56. The summed E-state index contributed by atoms with van der Waals surface area (Å²) in [4.78, 5) is 16.7. The average Bonchev–Trinajstić information content (AvgIpc) is 3.15. The Hall–Kier alpha value is -2.32. The van der Waals surface area contributed by atoms with Crippen LogP contribution in [0.15, 0.2) is 53.5 Å². The molecule has 2 aliphatic rings. The Balaban J connectivity index is 1.27. The number of aryl methyl sites for hydroxylation is 1. The van der Waals surface area contributed by atoms with Crippen LogP contribution in [0.2, 0.25) is 0 Å². The number of carbonyl (C=O) groups is 1. The van der Waals surface area contributed by atoms with E-state index in [-0.39, 0.29) is 28.7 Å². The van der Waals surface area contributed by atoms with Crippen molar-refractivity contribution < 1.29 is 13.2 Å². The molecule has 152 valence electrons. The zero-order chi connectivity index (χ0) is 20.4. The van der Waals surface area contributed by atoms with E-state index in [1.165, 1.54) is 17.3 Å². The molecule has 4 rings (SSSR count). The van der Waals surface area contributed by atoms with Crippen molar-refractivity contribution in [2.24, 2.45) is 4.99 Å². The maximum Gasteiger partial charge on any atom is 0.224 e. The standard InChI is InChI=1S/C21H23N3O3S2/c1-14-2-4-16(5-3-14)11-22-20(25)10-15-6-8-17(9-7-15)23-21-24-18-12-29(26,27)13-19(18)28-21/h2-9,18-19H,10-13H2,1H3,(H,22,25)(H,23,24)/t18-,19-/m1/s1. The number of amides is 1. The molecule has 2 aromatic rings. The van der Waals surface area contributed by atoms with Crippen LogP contribution in [0.5, 0.6) is 0 Å². The van der Waals surface area contributed by atoms with Gasteiger partial charge >= 0.3 is 0 Å². The second kappa shape index (κ2) is 8.20. The Labute approximate surface area is 175 Å². The van der Waals surface area contributed by atoms with Crippen LogP contribution < -0.4 is 10.6 Å². The number of nitrogens with zero attached hydrogens (tertiary/aromatic N) is 1. The summed E-state index contributed by atoms with van der Waals surface area (Å²) in [6, 6.07) is 15.6. The average molecular weight is 430 g/mol. The van der Waals surface area contributed by atoms with Gasteiger partial charge in [0.2, 0.25) is 5.91 Å². The maximum atomic E-state index is 12.2.